The number of pyridine rings is 1. The SMILES string of the molecule is Cc1cc(Nc2cnccn2)c(=O)n(C)c1. The Hall–Kier alpha value is -2.17. The van der Waals surface area contributed by atoms with Gasteiger partial charge in [-0.1, -0.05) is 0 Å². The quantitative estimate of drug-likeness (QED) is 0.820. The lowest BCUT2D eigenvalue weighted by atomic mass is 10.3. The molecular weight excluding hydrogens is 204 g/mol. The molecule has 82 valence electrons. The van der Waals surface area contributed by atoms with E-state index in [1.165, 1.54) is 4.57 Å². The standard InChI is InChI=1S/C11H12N4O/c1-8-5-9(11(16)15(2)7-8)14-10-6-12-3-4-13-10/h3-7H,1-2H3,(H,13,14). The Balaban J connectivity index is 2.39. The van der Waals surface area contributed by atoms with Gasteiger partial charge in [0.25, 0.3) is 5.56 Å². The van der Waals surface area contributed by atoms with Crippen LogP contribution < -0.4 is 10.9 Å². The van der Waals surface area contributed by atoms with E-state index in [4.69, 9.17) is 0 Å². The van der Waals surface area contributed by atoms with Gasteiger partial charge in [0.05, 0.1) is 6.20 Å². The summed E-state index contributed by atoms with van der Waals surface area (Å²) in [5, 5.41) is 2.95. The minimum atomic E-state index is -0.0868. The zero-order valence-corrected chi connectivity index (χ0v) is 9.14. The number of nitrogens with zero attached hydrogens (tertiary/aromatic N) is 3. The van der Waals surface area contributed by atoms with Gasteiger partial charge in [-0.3, -0.25) is 9.78 Å². The minimum Gasteiger partial charge on any atom is -0.334 e. The Bertz CT molecular complexity index is 548. The van der Waals surface area contributed by atoms with Gasteiger partial charge in [0, 0.05) is 25.6 Å². The monoisotopic (exact) mass is 216 g/mol. The molecular formula is C11H12N4O. The van der Waals surface area contributed by atoms with Crippen molar-refractivity contribution < 1.29 is 0 Å². The van der Waals surface area contributed by atoms with Crippen molar-refractivity contribution in [3.8, 4) is 0 Å². The van der Waals surface area contributed by atoms with Crippen LogP contribution in [0, 0.1) is 6.92 Å². The molecule has 0 radical (unpaired) electrons. The van der Waals surface area contributed by atoms with Crippen molar-refractivity contribution in [3.05, 3.63) is 46.8 Å². The lowest BCUT2D eigenvalue weighted by Crippen LogP contribution is -2.19. The number of aromatic nitrogens is 3. The zero-order chi connectivity index (χ0) is 11.5. The Kier molecular flexibility index (Phi) is 2.68. The molecule has 2 aromatic rings. The van der Waals surface area contributed by atoms with E-state index in [1.54, 1.807) is 37.9 Å². The van der Waals surface area contributed by atoms with Gasteiger partial charge < -0.3 is 9.88 Å². The number of nitrogens with one attached hydrogen (secondary N) is 1. The fourth-order valence-corrected chi connectivity index (χ4v) is 1.47. The van der Waals surface area contributed by atoms with Crippen LogP contribution in [0.1, 0.15) is 5.56 Å². The van der Waals surface area contributed by atoms with Crippen molar-refractivity contribution in [1.82, 2.24) is 14.5 Å². The van der Waals surface area contributed by atoms with Crippen LogP contribution in [0.5, 0.6) is 0 Å². The van der Waals surface area contributed by atoms with Gasteiger partial charge in [0.1, 0.15) is 11.5 Å². The van der Waals surface area contributed by atoms with Crippen LogP contribution in [-0.4, -0.2) is 14.5 Å². The van der Waals surface area contributed by atoms with E-state index < -0.39 is 0 Å². The second-order valence-electron chi connectivity index (χ2n) is 3.56. The molecule has 0 atom stereocenters. The molecule has 0 amide bonds. The molecule has 2 heterocycles. The molecule has 0 aliphatic heterocycles. The van der Waals surface area contributed by atoms with Gasteiger partial charge in [0.15, 0.2) is 0 Å². The third-order valence-electron chi connectivity index (χ3n) is 2.15. The maximum atomic E-state index is 11.8. The molecule has 0 aliphatic rings. The molecule has 5 nitrogen and oxygen atoms in total. The predicted octanol–water partition coefficient (Wildman–Crippen LogP) is 1.23. The first kappa shape index (κ1) is 10.4. The second-order valence-corrected chi connectivity index (χ2v) is 3.56. The highest BCUT2D eigenvalue weighted by Gasteiger charge is 2.03. The van der Waals surface area contributed by atoms with Gasteiger partial charge in [-0.05, 0) is 18.6 Å². The van der Waals surface area contributed by atoms with Crippen molar-refractivity contribution in [2.75, 3.05) is 5.32 Å². The van der Waals surface area contributed by atoms with E-state index in [0.29, 0.717) is 11.5 Å². The fraction of sp³-hybridized carbons (Fsp3) is 0.182. The maximum Gasteiger partial charge on any atom is 0.274 e. The summed E-state index contributed by atoms with van der Waals surface area (Å²) in [5.74, 6) is 0.560. The third-order valence-corrected chi connectivity index (χ3v) is 2.15. The smallest absolute Gasteiger partial charge is 0.274 e. The lowest BCUT2D eigenvalue weighted by molar-refractivity contribution is 0.854. The second kappa shape index (κ2) is 4.14. The number of hydrogen-bond acceptors (Lipinski definition) is 4. The highest BCUT2D eigenvalue weighted by molar-refractivity contribution is 5.54. The van der Waals surface area contributed by atoms with Crippen LogP contribution >= 0.6 is 0 Å². The van der Waals surface area contributed by atoms with E-state index in [-0.39, 0.29) is 5.56 Å². The summed E-state index contributed by atoms with van der Waals surface area (Å²) < 4.78 is 1.54. The molecule has 16 heavy (non-hydrogen) atoms. The van der Waals surface area contributed by atoms with E-state index >= 15 is 0 Å². The number of hydrogen-bond donors (Lipinski definition) is 1. The van der Waals surface area contributed by atoms with Crippen molar-refractivity contribution in [2.45, 2.75) is 6.92 Å². The average Bonchev–Trinajstić information content (AvgIpc) is 2.27. The van der Waals surface area contributed by atoms with E-state index in [9.17, 15) is 4.79 Å². The number of aryl methyl sites for hydroxylation is 2. The highest BCUT2D eigenvalue weighted by atomic mass is 16.1. The summed E-state index contributed by atoms with van der Waals surface area (Å²) in [5.41, 5.74) is 1.42. The van der Waals surface area contributed by atoms with Crippen LogP contribution in [0.2, 0.25) is 0 Å². The molecule has 0 saturated heterocycles. The van der Waals surface area contributed by atoms with Crippen molar-refractivity contribution in [2.24, 2.45) is 7.05 Å². The summed E-state index contributed by atoms with van der Waals surface area (Å²) in [7, 11) is 1.72. The van der Waals surface area contributed by atoms with Crippen LogP contribution in [0.4, 0.5) is 11.5 Å². The van der Waals surface area contributed by atoms with Crippen LogP contribution in [0.15, 0.2) is 35.6 Å². The molecule has 1 N–H and O–H groups in total. The summed E-state index contributed by atoms with van der Waals surface area (Å²) in [4.78, 5) is 19.8. The van der Waals surface area contributed by atoms with Gasteiger partial charge in [-0.25, -0.2) is 4.98 Å². The van der Waals surface area contributed by atoms with Gasteiger partial charge in [0.2, 0.25) is 0 Å². The van der Waals surface area contributed by atoms with Gasteiger partial charge in [-0.15, -0.1) is 0 Å². The number of rotatable bonds is 2. The minimum absolute atomic E-state index is 0.0868. The van der Waals surface area contributed by atoms with Crippen LogP contribution in [-0.2, 0) is 7.05 Å². The van der Waals surface area contributed by atoms with E-state index in [0.717, 1.165) is 5.56 Å². The summed E-state index contributed by atoms with van der Waals surface area (Å²) in [6.07, 6.45) is 6.51. The summed E-state index contributed by atoms with van der Waals surface area (Å²) >= 11 is 0. The van der Waals surface area contributed by atoms with Gasteiger partial charge in [-0.2, -0.15) is 0 Å². The Labute approximate surface area is 92.8 Å². The van der Waals surface area contributed by atoms with E-state index in [1.807, 2.05) is 6.92 Å². The largest absolute Gasteiger partial charge is 0.334 e. The average molecular weight is 216 g/mol. The first-order valence-corrected chi connectivity index (χ1v) is 4.87. The zero-order valence-electron chi connectivity index (χ0n) is 9.14. The van der Waals surface area contributed by atoms with Crippen molar-refractivity contribution in [3.63, 3.8) is 0 Å². The Morgan fingerprint density at radius 1 is 1.38 bits per heavy atom. The van der Waals surface area contributed by atoms with Crippen LogP contribution in [0.3, 0.4) is 0 Å². The molecule has 0 fully saturated rings. The topological polar surface area (TPSA) is 59.8 Å². The first-order chi connectivity index (χ1) is 7.66. The molecule has 0 bridgehead atoms. The molecule has 2 aromatic heterocycles. The molecule has 2 rings (SSSR count). The molecule has 0 unspecified atom stereocenters. The molecule has 0 saturated carbocycles. The number of anilines is 2. The third kappa shape index (κ3) is 2.08. The summed E-state index contributed by atoms with van der Waals surface area (Å²) in [6.45, 7) is 1.93. The highest BCUT2D eigenvalue weighted by Crippen LogP contribution is 2.09. The fourth-order valence-electron chi connectivity index (χ4n) is 1.47. The van der Waals surface area contributed by atoms with Gasteiger partial charge >= 0.3 is 0 Å². The Morgan fingerprint density at radius 2 is 2.19 bits per heavy atom. The molecule has 0 aromatic carbocycles. The Morgan fingerprint density at radius 3 is 2.88 bits per heavy atom. The normalized spacial score (nSPS) is 10.1. The molecule has 0 aliphatic carbocycles. The van der Waals surface area contributed by atoms with Crippen molar-refractivity contribution >= 4 is 11.5 Å². The molecule has 5 heteroatoms. The maximum absolute atomic E-state index is 11.8. The molecule has 0 spiro atoms. The van der Waals surface area contributed by atoms with Crippen molar-refractivity contribution in [1.29, 1.82) is 0 Å². The summed E-state index contributed by atoms with van der Waals surface area (Å²) in [6, 6.07) is 1.79. The predicted molar refractivity (Wildman–Crippen MR) is 61.7 cm³/mol. The van der Waals surface area contributed by atoms with E-state index in [2.05, 4.69) is 15.3 Å². The van der Waals surface area contributed by atoms with Crippen LogP contribution in [0.25, 0.3) is 0 Å². The lowest BCUT2D eigenvalue weighted by Gasteiger charge is -2.07. The first-order valence-electron chi connectivity index (χ1n) is 4.87.